The Morgan fingerprint density at radius 2 is 1.94 bits per heavy atom. The Balaban J connectivity index is 2.19. The number of hydrogen-bond donors (Lipinski definition) is 1. The summed E-state index contributed by atoms with van der Waals surface area (Å²) in [6.07, 6.45) is 0.656. The second-order valence-electron chi connectivity index (χ2n) is 5.96. The van der Waals surface area contributed by atoms with Crippen molar-refractivity contribution in [3.05, 3.63) is 35.9 Å². The highest BCUT2D eigenvalue weighted by atomic mass is 16.3. The Morgan fingerprint density at radius 1 is 1.33 bits per heavy atom. The molecule has 0 aliphatic carbocycles. The summed E-state index contributed by atoms with van der Waals surface area (Å²) < 4.78 is 0. The first-order valence-corrected chi connectivity index (χ1v) is 6.40. The summed E-state index contributed by atoms with van der Waals surface area (Å²) in [5, 5.41) is 9.96. The standard InChI is InChI=1S/C15H21NO2/c1-14(2,12-7-5-4-6-8-12)13(17)16-10-9-15(3,18)11-16/h4-8,18H,9-11H2,1-3H3. The van der Waals surface area contributed by atoms with E-state index in [0.29, 0.717) is 19.5 Å². The fourth-order valence-electron chi connectivity index (χ4n) is 2.49. The van der Waals surface area contributed by atoms with E-state index in [1.165, 1.54) is 0 Å². The minimum atomic E-state index is -0.734. The normalized spacial score (nSPS) is 24.3. The van der Waals surface area contributed by atoms with Crippen LogP contribution in [0.15, 0.2) is 30.3 Å². The number of rotatable bonds is 2. The molecule has 1 fully saturated rings. The number of carbonyl (C=O) groups excluding carboxylic acids is 1. The zero-order valence-electron chi connectivity index (χ0n) is 11.3. The van der Waals surface area contributed by atoms with Crippen LogP contribution in [0.4, 0.5) is 0 Å². The number of β-amino-alcohol motifs (C(OH)–C–C–N with tert-alkyl or cyclic N) is 1. The fraction of sp³-hybridized carbons (Fsp3) is 0.533. The molecule has 1 saturated heterocycles. The maximum absolute atomic E-state index is 12.6. The van der Waals surface area contributed by atoms with Crippen LogP contribution in [0.1, 0.15) is 32.8 Å². The number of nitrogens with zero attached hydrogens (tertiary/aromatic N) is 1. The van der Waals surface area contributed by atoms with Crippen LogP contribution in [0.5, 0.6) is 0 Å². The van der Waals surface area contributed by atoms with E-state index >= 15 is 0 Å². The predicted octanol–water partition coefficient (Wildman–Crippen LogP) is 1.95. The molecule has 1 aromatic rings. The fourth-order valence-corrected chi connectivity index (χ4v) is 2.49. The third kappa shape index (κ3) is 2.41. The Kier molecular flexibility index (Phi) is 3.20. The van der Waals surface area contributed by atoms with E-state index in [-0.39, 0.29) is 5.91 Å². The summed E-state index contributed by atoms with van der Waals surface area (Å²) >= 11 is 0. The van der Waals surface area contributed by atoms with Crippen LogP contribution in [0.25, 0.3) is 0 Å². The zero-order valence-corrected chi connectivity index (χ0v) is 11.3. The largest absolute Gasteiger partial charge is 0.388 e. The minimum absolute atomic E-state index is 0.0893. The first-order valence-electron chi connectivity index (χ1n) is 6.40. The molecule has 3 heteroatoms. The van der Waals surface area contributed by atoms with Gasteiger partial charge in [0.05, 0.1) is 11.0 Å². The summed E-state index contributed by atoms with van der Waals surface area (Å²) in [4.78, 5) is 14.3. The van der Waals surface area contributed by atoms with Crippen molar-refractivity contribution in [2.45, 2.75) is 38.2 Å². The number of amides is 1. The molecular formula is C15H21NO2. The van der Waals surface area contributed by atoms with Gasteiger partial charge in [0.25, 0.3) is 0 Å². The third-order valence-electron chi connectivity index (χ3n) is 3.77. The van der Waals surface area contributed by atoms with Gasteiger partial charge in [-0.15, -0.1) is 0 Å². The molecule has 1 N–H and O–H groups in total. The molecule has 2 rings (SSSR count). The molecule has 0 aromatic heterocycles. The van der Waals surface area contributed by atoms with Gasteiger partial charge < -0.3 is 10.0 Å². The third-order valence-corrected chi connectivity index (χ3v) is 3.77. The van der Waals surface area contributed by atoms with Gasteiger partial charge in [-0.25, -0.2) is 0 Å². The van der Waals surface area contributed by atoms with E-state index < -0.39 is 11.0 Å². The summed E-state index contributed by atoms with van der Waals surface area (Å²) in [5.74, 6) is 0.0893. The van der Waals surface area contributed by atoms with Crippen molar-refractivity contribution in [2.24, 2.45) is 0 Å². The maximum Gasteiger partial charge on any atom is 0.232 e. The van der Waals surface area contributed by atoms with Crippen LogP contribution < -0.4 is 0 Å². The molecule has 98 valence electrons. The van der Waals surface area contributed by atoms with Crippen molar-refractivity contribution in [2.75, 3.05) is 13.1 Å². The Morgan fingerprint density at radius 3 is 2.44 bits per heavy atom. The van der Waals surface area contributed by atoms with Crippen molar-refractivity contribution < 1.29 is 9.90 Å². The van der Waals surface area contributed by atoms with Gasteiger partial charge in [0.15, 0.2) is 0 Å². The highest BCUT2D eigenvalue weighted by Gasteiger charge is 2.40. The van der Waals surface area contributed by atoms with Gasteiger partial charge in [0, 0.05) is 13.1 Å². The number of carbonyl (C=O) groups is 1. The number of benzene rings is 1. The van der Waals surface area contributed by atoms with Gasteiger partial charge in [0.1, 0.15) is 0 Å². The van der Waals surface area contributed by atoms with Crippen LogP contribution in [-0.4, -0.2) is 34.6 Å². The molecule has 0 bridgehead atoms. The van der Waals surface area contributed by atoms with Gasteiger partial charge in [-0.3, -0.25) is 4.79 Å². The Bertz CT molecular complexity index is 437. The first kappa shape index (κ1) is 13.1. The molecule has 18 heavy (non-hydrogen) atoms. The SMILES string of the molecule is CC1(O)CCN(C(=O)C(C)(C)c2ccccc2)C1. The van der Waals surface area contributed by atoms with Gasteiger partial charge in [0.2, 0.25) is 5.91 Å². The summed E-state index contributed by atoms with van der Waals surface area (Å²) in [7, 11) is 0. The predicted molar refractivity (Wildman–Crippen MR) is 71.3 cm³/mol. The van der Waals surface area contributed by atoms with E-state index in [2.05, 4.69) is 0 Å². The van der Waals surface area contributed by atoms with Gasteiger partial charge >= 0.3 is 0 Å². The summed E-state index contributed by atoms with van der Waals surface area (Å²) in [5.41, 5.74) is -0.258. The lowest BCUT2D eigenvalue weighted by molar-refractivity contribution is -0.136. The molecule has 3 nitrogen and oxygen atoms in total. The van der Waals surface area contributed by atoms with Crippen LogP contribution in [0.2, 0.25) is 0 Å². The molecule has 1 aliphatic heterocycles. The molecule has 1 unspecified atom stereocenters. The van der Waals surface area contributed by atoms with E-state index in [4.69, 9.17) is 0 Å². The quantitative estimate of drug-likeness (QED) is 0.867. The van der Waals surface area contributed by atoms with Crippen molar-refractivity contribution in [1.82, 2.24) is 4.90 Å². The van der Waals surface area contributed by atoms with Gasteiger partial charge in [-0.2, -0.15) is 0 Å². The second kappa shape index (κ2) is 4.39. The second-order valence-corrected chi connectivity index (χ2v) is 5.96. The van der Waals surface area contributed by atoms with E-state index in [9.17, 15) is 9.90 Å². The van der Waals surface area contributed by atoms with Crippen LogP contribution in [0, 0.1) is 0 Å². The average Bonchev–Trinajstić information content (AvgIpc) is 2.69. The number of hydrogen-bond acceptors (Lipinski definition) is 2. The lowest BCUT2D eigenvalue weighted by atomic mass is 9.83. The monoisotopic (exact) mass is 247 g/mol. The van der Waals surface area contributed by atoms with Gasteiger partial charge in [-0.1, -0.05) is 30.3 Å². The van der Waals surface area contributed by atoms with Crippen LogP contribution in [-0.2, 0) is 10.2 Å². The van der Waals surface area contributed by atoms with E-state index in [0.717, 1.165) is 5.56 Å². The highest BCUT2D eigenvalue weighted by molar-refractivity contribution is 5.87. The van der Waals surface area contributed by atoms with Crippen molar-refractivity contribution >= 4 is 5.91 Å². The Labute approximate surface area is 108 Å². The smallest absolute Gasteiger partial charge is 0.232 e. The van der Waals surface area contributed by atoms with Crippen LogP contribution >= 0.6 is 0 Å². The molecule has 0 radical (unpaired) electrons. The van der Waals surface area contributed by atoms with Crippen molar-refractivity contribution in [1.29, 1.82) is 0 Å². The number of aliphatic hydroxyl groups is 1. The first-order chi connectivity index (χ1) is 8.33. The molecule has 1 heterocycles. The molecule has 1 aromatic carbocycles. The average molecular weight is 247 g/mol. The lowest BCUT2D eigenvalue weighted by Gasteiger charge is -2.30. The van der Waals surface area contributed by atoms with E-state index in [1.54, 1.807) is 11.8 Å². The molecular weight excluding hydrogens is 226 g/mol. The van der Waals surface area contributed by atoms with E-state index in [1.807, 2.05) is 44.2 Å². The molecule has 1 atom stereocenters. The van der Waals surface area contributed by atoms with Crippen molar-refractivity contribution in [3.8, 4) is 0 Å². The van der Waals surface area contributed by atoms with Crippen LogP contribution in [0.3, 0.4) is 0 Å². The molecule has 0 saturated carbocycles. The summed E-state index contributed by atoms with van der Waals surface area (Å²) in [6.45, 7) is 6.75. The molecule has 1 amide bonds. The minimum Gasteiger partial charge on any atom is -0.388 e. The van der Waals surface area contributed by atoms with Gasteiger partial charge in [-0.05, 0) is 32.8 Å². The maximum atomic E-state index is 12.6. The topological polar surface area (TPSA) is 40.5 Å². The zero-order chi connectivity index (χ0) is 13.4. The lowest BCUT2D eigenvalue weighted by Crippen LogP contribution is -2.43. The molecule has 1 aliphatic rings. The molecule has 0 spiro atoms. The van der Waals surface area contributed by atoms with Crippen molar-refractivity contribution in [3.63, 3.8) is 0 Å². The summed E-state index contributed by atoms with van der Waals surface area (Å²) in [6, 6.07) is 9.80. The highest BCUT2D eigenvalue weighted by Crippen LogP contribution is 2.29. The number of likely N-dealkylation sites (tertiary alicyclic amines) is 1. The Hall–Kier alpha value is -1.35.